The molecule has 0 radical (unpaired) electrons. The Balaban J connectivity index is 2.59. The first-order valence-corrected chi connectivity index (χ1v) is 4.40. The first-order valence-electron chi connectivity index (χ1n) is 4.40. The Morgan fingerprint density at radius 1 is 1.43 bits per heavy atom. The number of ketones is 2. The summed E-state index contributed by atoms with van der Waals surface area (Å²) in [6.07, 6.45) is 1.87. The Bertz CT molecular complexity index is 454. The summed E-state index contributed by atoms with van der Waals surface area (Å²) in [6.45, 7) is 3.45. The Morgan fingerprint density at radius 3 is 2.79 bits per heavy atom. The summed E-state index contributed by atoms with van der Waals surface area (Å²) in [5.74, 6) is 0.0269. The largest absolute Gasteiger partial charge is 0.436 e. The monoisotopic (exact) mass is 191 g/mol. The van der Waals surface area contributed by atoms with E-state index >= 15 is 0 Å². The SMILES string of the molecule is CCc1nc2c(o1)C(=O)C(C)=CC2=O. The van der Waals surface area contributed by atoms with Crippen LogP contribution in [-0.2, 0) is 6.42 Å². The molecule has 4 nitrogen and oxygen atoms in total. The van der Waals surface area contributed by atoms with Crippen LogP contribution in [0.2, 0.25) is 0 Å². The molecule has 0 spiro atoms. The summed E-state index contributed by atoms with van der Waals surface area (Å²) >= 11 is 0. The van der Waals surface area contributed by atoms with Crippen LogP contribution in [0.1, 0.15) is 40.8 Å². The maximum Gasteiger partial charge on any atom is 0.226 e. The third-order valence-corrected chi connectivity index (χ3v) is 2.12. The van der Waals surface area contributed by atoms with E-state index in [1.165, 1.54) is 6.08 Å². The van der Waals surface area contributed by atoms with Gasteiger partial charge in [-0.3, -0.25) is 9.59 Å². The number of fused-ring (bicyclic) bond motifs is 1. The van der Waals surface area contributed by atoms with E-state index < -0.39 is 0 Å². The standard InChI is InChI=1S/C10H9NO3/c1-3-7-11-8-6(12)4-5(2)9(13)10(8)14-7/h4H,3H2,1-2H3. The van der Waals surface area contributed by atoms with Crippen molar-refractivity contribution in [2.24, 2.45) is 0 Å². The molecule has 72 valence electrons. The van der Waals surface area contributed by atoms with E-state index in [1.807, 2.05) is 6.92 Å². The maximum atomic E-state index is 11.5. The van der Waals surface area contributed by atoms with E-state index in [0.29, 0.717) is 17.9 Å². The minimum Gasteiger partial charge on any atom is -0.436 e. The van der Waals surface area contributed by atoms with E-state index in [-0.39, 0.29) is 23.0 Å². The first-order chi connectivity index (χ1) is 6.63. The average Bonchev–Trinajstić information content (AvgIpc) is 2.58. The summed E-state index contributed by atoms with van der Waals surface area (Å²) in [4.78, 5) is 26.9. The predicted molar refractivity (Wildman–Crippen MR) is 48.3 cm³/mol. The molecule has 0 saturated heterocycles. The number of Topliss-reactive ketones (excluding diaryl/α,β-unsaturated/α-hetero) is 1. The number of hydrogen-bond acceptors (Lipinski definition) is 4. The molecule has 1 aliphatic rings. The fraction of sp³-hybridized carbons (Fsp3) is 0.300. The Kier molecular flexibility index (Phi) is 1.84. The number of rotatable bonds is 1. The van der Waals surface area contributed by atoms with E-state index in [1.54, 1.807) is 6.92 Å². The summed E-state index contributed by atoms with van der Waals surface area (Å²) in [6, 6.07) is 0. The van der Waals surface area contributed by atoms with Crippen molar-refractivity contribution in [3.63, 3.8) is 0 Å². The van der Waals surface area contributed by atoms with Gasteiger partial charge >= 0.3 is 0 Å². The highest BCUT2D eigenvalue weighted by Gasteiger charge is 2.29. The molecule has 4 heteroatoms. The fourth-order valence-corrected chi connectivity index (χ4v) is 1.35. The minimum absolute atomic E-state index is 0.0897. The molecule has 0 aromatic carbocycles. The van der Waals surface area contributed by atoms with E-state index in [0.717, 1.165) is 0 Å². The molecule has 2 rings (SSSR count). The van der Waals surface area contributed by atoms with Crippen LogP contribution in [0.4, 0.5) is 0 Å². The van der Waals surface area contributed by atoms with Gasteiger partial charge in [0.05, 0.1) is 0 Å². The molecule has 0 unspecified atom stereocenters. The highest BCUT2D eigenvalue weighted by Crippen LogP contribution is 2.21. The molecule has 0 atom stereocenters. The van der Waals surface area contributed by atoms with Crippen molar-refractivity contribution in [3.8, 4) is 0 Å². The van der Waals surface area contributed by atoms with E-state index in [9.17, 15) is 9.59 Å². The van der Waals surface area contributed by atoms with Gasteiger partial charge in [-0.1, -0.05) is 6.92 Å². The maximum absolute atomic E-state index is 11.5. The molecule has 1 heterocycles. The lowest BCUT2D eigenvalue weighted by Crippen LogP contribution is -2.13. The lowest BCUT2D eigenvalue weighted by molar-refractivity contribution is 0.0962. The number of aromatic nitrogens is 1. The zero-order valence-corrected chi connectivity index (χ0v) is 7.96. The normalized spacial score (nSPS) is 15.4. The Hall–Kier alpha value is -1.71. The zero-order chi connectivity index (χ0) is 10.3. The van der Waals surface area contributed by atoms with Gasteiger partial charge in [0.15, 0.2) is 11.6 Å². The van der Waals surface area contributed by atoms with Crippen LogP contribution in [0.3, 0.4) is 0 Å². The first kappa shape index (κ1) is 8.87. The van der Waals surface area contributed by atoms with E-state index in [4.69, 9.17) is 4.42 Å². The molecule has 1 aliphatic carbocycles. The third kappa shape index (κ3) is 1.11. The van der Waals surface area contributed by atoms with Crippen LogP contribution in [0.15, 0.2) is 16.1 Å². The lowest BCUT2D eigenvalue weighted by atomic mass is 10.0. The van der Waals surface area contributed by atoms with E-state index in [2.05, 4.69) is 4.98 Å². The number of oxazole rings is 1. The summed E-state index contributed by atoms with van der Waals surface area (Å²) in [5.41, 5.74) is 0.554. The van der Waals surface area contributed by atoms with Crippen LogP contribution >= 0.6 is 0 Å². The predicted octanol–water partition coefficient (Wildman–Crippen LogP) is 1.56. The van der Waals surface area contributed by atoms with Crippen LogP contribution in [0, 0.1) is 0 Å². The zero-order valence-electron chi connectivity index (χ0n) is 7.96. The van der Waals surface area contributed by atoms with Crippen molar-refractivity contribution in [3.05, 3.63) is 29.0 Å². The van der Waals surface area contributed by atoms with Gasteiger partial charge < -0.3 is 4.42 Å². The topological polar surface area (TPSA) is 60.2 Å². The molecule has 0 bridgehead atoms. The van der Waals surface area contributed by atoms with Crippen molar-refractivity contribution in [1.82, 2.24) is 4.98 Å². The van der Waals surface area contributed by atoms with Gasteiger partial charge in [-0.05, 0) is 13.0 Å². The number of carbonyl (C=O) groups excluding carboxylic acids is 2. The number of aryl methyl sites for hydroxylation is 1. The molecular formula is C10H9NO3. The van der Waals surface area contributed by atoms with Gasteiger partial charge in [0.2, 0.25) is 17.3 Å². The van der Waals surface area contributed by atoms with Gasteiger partial charge in [-0.25, -0.2) is 4.98 Å². The summed E-state index contributed by atoms with van der Waals surface area (Å²) in [7, 11) is 0. The van der Waals surface area contributed by atoms with Crippen LogP contribution < -0.4 is 0 Å². The lowest BCUT2D eigenvalue weighted by Gasteiger charge is -2.03. The Labute approximate surface area is 80.6 Å². The van der Waals surface area contributed by atoms with Crippen molar-refractivity contribution < 1.29 is 14.0 Å². The van der Waals surface area contributed by atoms with Crippen molar-refractivity contribution >= 4 is 11.6 Å². The van der Waals surface area contributed by atoms with Crippen molar-refractivity contribution in [2.75, 3.05) is 0 Å². The smallest absolute Gasteiger partial charge is 0.226 e. The minimum atomic E-state index is -0.249. The highest BCUT2D eigenvalue weighted by molar-refractivity contribution is 6.22. The summed E-state index contributed by atoms with van der Waals surface area (Å²) < 4.78 is 5.19. The van der Waals surface area contributed by atoms with Gasteiger partial charge in [0.25, 0.3) is 0 Å². The van der Waals surface area contributed by atoms with Crippen LogP contribution in [0.5, 0.6) is 0 Å². The van der Waals surface area contributed by atoms with Crippen molar-refractivity contribution in [2.45, 2.75) is 20.3 Å². The molecule has 14 heavy (non-hydrogen) atoms. The number of allylic oxidation sites excluding steroid dienone is 2. The fourth-order valence-electron chi connectivity index (χ4n) is 1.35. The molecule has 0 amide bonds. The third-order valence-electron chi connectivity index (χ3n) is 2.12. The van der Waals surface area contributed by atoms with Crippen molar-refractivity contribution in [1.29, 1.82) is 0 Å². The number of nitrogens with zero attached hydrogens (tertiary/aromatic N) is 1. The van der Waals surface area contributed by atoms with Crippen LogP contribution in [-0.4, -0.2) is 16.6 Å². The van der Waals surface area contributed by atoms with Gasteiger partial charge in [0, 0.05) is 12.0 Å². The van der Waals surface area contributed by atoms with Gasteiger partial charge in [-0.2, -0.15) is 0 Å². The number of carbonyl (C=O) groups is 2. The number of hydrogen-bond donors (Lipinski definition) is 0. The average molecular weight is 191 g/mol. The molecule has 1 aromatic heterocycles. The van der Waals surface area contributed by atoms with Crippen LogP contribution in [0.25, 0.3) is 0 Å². The Morgan fingerprint density at radius 2 is 2.14 bits per heavy atom. The van der Waals surface area contributed by atoms with Gasteiger partial charge in [0.1, 0.15) is 0 Å². The second kappa shape index (κ2) is 2.90. The molecule has 0 N–H and O–H groups in total. The second-order valence-corrected chi connectivity index (χ2v) is 3.16. The molecule has 0 fully saturated rings. The quantitative estimate of drug-likeness (QED) is 0.675. The molecule has 1 aromatic rings. The second-order valence-electron chi connectivity index (χ2n) is 3.16. The van der Waals surface area contributed by atoms with Gasteiger partial charge in [-0.15, -0.1) is 0 Å². The summed E-state index contributed by atoms with van der Waals surface area (Å²) in [5, 5.41) is 0. The molecular weight excluding hydrogens is 182 g/mol. The molecule has 0 saturated carbocycles. The highest BCUT2D eigenvalue weighted by atomic mass is 16.4. The molecule has 0 aliphatic heterocycles.